The van der Waals surface area contributed by atoms with E-state index in [2.05, 4.69) is 6.58 Å². The van der Waals surface area contributed by atoms with Gasteiger partial charge in [-0.3, -0.25) is 4.79 Å². The molecule has 0 fully saturated rings. The minimum absolute atomic E-state index is 0.154. The third-order valence-corrected chi connectivity index (χ3v) is 4.94. The van der Waals surface area contributed by atoms with E-state index in [1.165, 1.54) is 30.2 Å². The molecule has 0 saturated carbocycles. The van der Waals surface area contributed by atoms with E-state index in [4.69, 9.17) is 9.47 Å². The number of esters is 1. The highest BCUT2D eigenvalue weighted by molar-refractivity contribution is 6.06. The lowest BCUT2D eigenvalue weighted by molar-refractivity contribution is -0.154. The van der Waals surface area contributed by atoms with Crippen molar-refractivity contribution in [3.63, 3.8) is 0 Å². The monoisotopic (exact) mass is 383 g/mol. The first kappa shape index (κ1) is 19.6. The van der Waals surface area contributed by atoms with Crippen LogP contribution in [0, 0.1) is 5.82 Å². The van der Waals surface area contributed by atoms with Gasteiger partial charge in [-0.2, -0.15) is 0 Å². The van der Waals surface area contributed by atoms with Gasteiger partial charge < -0.3 is 14.4 Å². The molecule has 6 heteroatoms. The maximum Gasteiger partial charge on any atom is 0.336 e. The maximum atomic E-state index is 13.9. The molecule has 0 N–H and O–H groups in total. The summed E-state index contributed by atoms with van der Waals surface area (Å²) in [5.74, 6) is -0.852. The Morgan fingerprint density at radius 2 is 1.86 bits per heavy atom. The van der Waals surface area contributed by atoms with Crippen LogP contribution in [0.2, 0.25) is 0 Å². The van der Waals surface area contributed by atoms with Gasteiger partial charge in [-0.25, -0.2) is 9.18 Å². The molecule has 146 valence electrons. The first-order valence-electron chi connectivity index (χ1n) is 8.81. The van der Waals surface area contributed by atoms with Crippen LogP contribution in [0.5, 0.6) is 5.75 Å². The number of methoxy groups -OCH3 is 2. The minimum atomic E-state index is -1.39. The third kappa shape index (κ3) is 3.15. The molecule has 0 aliphatic carbocycles. The lowest BCUT2D eigenvalue weighted by Gasteiger charge is -2.37. The van der Waals surface area contributed by atoms with Crippen molar-refractivity contribution >= 4 is 11.9 Å². The molecule has 1 heterocycles. The summed E-state index contributed by atoms with van der Waals surface area (Å²) in [5.41, 5.74) is 0.718. The summed E-state index contributed by atoms with van der Waals surface area (Å²) in [6.07, 6.45) is 0.181. The molecular weight excluding hydrogens is 361 g/mol. The molecule has 28 heavy (non-hydrogen) atoms. The van der Waals surface area contributed by atoms with Crippen LogP contribution < -0.4 is 4.74 Å². The van der Waals surface area contributed by atoms with E-state index in [0.29, 0.717) is 16.9 Å². The molecule has 1 aliphatic rings. The largest absolute Gasteiger partial charge is 0.497 e. The van der Waals surface area contributed by atoms with Crippen molar-refractivity contribution in [2.75, 3.05) is 14.2 Å². The summed E-state index contributed by atoms with van der Waals surface area (Å²) in [7, 11) is 2.85. The number of halogens is 1. The topological polar surface area (TPSA) is 55.8 Å². The van der Waals surface area contributed by atoms with Crippen LogP contribution in [-0.2, 0) is 21.6 Å². The van der Waals surface area contributed by atoms with Crippen molar-refractivity contribution in [2.45, 2.75) is 25.4 Å². The van der Waals surface area contributed by atoms with Gasteiger partial charge in [0.05, 0.1) is 14.2 Å². The third-order valence-electron chi connectivity index (χ3n) is 4.94. The Morgan fingerprint density at radius 3 is 2.43 bits per heavy atom. The Hall–Kier alpha value is -3.15. The quantitative estimate of drug-likeness (QED) is 0.562. The van der Waals surface area contributed by atoms with E-state index in [1.54, 1.807) is 26.2 Å². The Bertz CT molecular complexity index is 938. The average Bonchev–Trinajstić information content (AvgIpc) is 2.90. The van der Waals surface area contributed by atoms with Crippen LogP contribution in [-0.4, -0.2) is 31.0 Å². The predicted molar refractivity (Wildman–Crippen MR) is 102 cm³/mol. The van der Waals surface area contributed by atoms with Gasteiger partial charge in [-0.05, 0) is 36.8 Å². The molecule has 1 atom stereocenters. The Kier molecular flexibility index (Phi) is 5.23. The van der Waals surface area contributed by atoms with Crippen molar-refractivity contribution in [1.82, 2.24) is 4.90 Å². The van der Waals surface area contributed by atoms with Crippen LogP contribution in [0.1, 0.15) is 34.8 Å². The summed E-state index contributed by atoms with van der Waals surface area (Å²) in [4.78, 5) is 27.6. The number of nitrogens with zero attached hydrogens (tertiary/aromatic N) is 1. The van der Waals surface area contributed by atoms with Crippen molar-refractivity contribution in [1.29, 1.82) is 0 Å². The molecule has 2 aromatic carbocycles. The molecule has 0 aromatic heterocycles. The van der Waals surface area contributed by atoms with Gasteiger partial charge in [-0.15, -0.1) is 6.58 Å². The first-order valence-corrected chi connectivity index (χ1v) is 8.81. The number of amides is 1. The number of carbonyl (C=O) groups excluding carboxylic acids is 2. The van der Waals surface area contributed by atoms with Crippen LogP contribution in [0.3, 0.4) is 0 Å². The second-order valence-electron chi connectivity index (χ2n) is 6.92. The standard InChI is InChI=1S/C22H22FNO4/c1-14(2)12-22(21(26)28-4)19-10-7-16(23)11-18(19)20(25)24(22)13-15-5-8-17(27-3)9-6-15/h5-11H,1,12-13H2,2-4H3. The number of rotatable bonds is 6. The highest BCUT2D eigenvalue weighted by atomic mass is 19.1. The molecule has 2 aromatic rings. The summed E-state index contributed by atoms with van der Waals surface area (Å²) in [5, 5.41) is 0. The lowest BCUT2D eigenvalue weighted by atomic mass is 9.83. The summed E-state index contributed by atoms with van der Waals surface area (Å²) < 4.78 is 24.1. The van der Waals surface area contributed by atoms with Gasteiger partial charge in [-0.1, -0.05) is 23.8 Å². The molecule has 0 saturated heterocycles. The smallest absolute Gasteiger partial charge is 0.336 e. The van der Waals surface area contributed by atoms with E-state index in [9.17, 15) is 14.0 Å². The predicted octanol–water partition coefficient (Wildman–Crippen LogP) is 3.82. The van der Waals surface area contributed by atoms with Crippen LogP contribution in [0.4, 0.5) is 4.39 Å². The van der Waals surface area contributed by atoms with Crippen LogP contribution >= 0.6 is 0 Å². The van der Waals surface area contributed by atoms with Crippen LogP contribution in [0.25, 0.3) is 0 Å². The molecule has 1 unspecified atom stereocenters. The van der Waals surface area contributed by atoms with Gasteiger partial charge in [0.1, 0.15) is 11.6 Å². The lowest BCUT2D eigenvalue weighted by Crippen LogP contribution is -2.50. The second kappa shape index (κ2) is 7.46. The SMILES string of the molecule is C=C(C)CC1(C(=O)OC)c2ccc(F)cc2C(=O)N1Cc1ccc(OC)cc1. The van der Waals surface area contributed by atoms with Gasteiger partial charge in [0, 0.05) is 24.1 Å². The maximum absolute atomic E-state index is 13.9. The Morgan fingerprint density at radius 1 is 1.18 bits per heavy atom. The molecule has 0 radical (unpaired) electrons. The zero-order valence-electron chi connectivity index (χ0n) is 16.1. The number of hydrogen-bond acceptors (Lipinski definition) is 4. The number of fused-ring (bicyclic) bond motifs is 1. The Balaban J connectivity index is 2.15. The van der Waals surface area contributed by atoms with Gasteiger partial charge in [0.25, 0.3) is 5.91 Å². The van der Waals surface area contributed by atoms with Gasteiger partial charge in [0.2, 0.25) is 0 Å². The molecule has 0 bridgehead atoms. The molecule has 1 amide bonds. The van der Waals surface area contributed by atoms with E-state index in [0.717, 1.165) is 5.56 Å². The van der Waals surface area contributed by atoms with Gasteiger partial charge in [0.15, 0.2) is 5.54 Å². The van der Waals surface area contributed by atoms with Crippen molar-refractivity contribution in [3.8, 4) is 5.75 Å². The average molecular weight is 383 g/mol. The fourth-order valence-corrected chi connectivity index (χ4v) is 3.73. The molecule has 5 nitrogen and oxygen atoms in total. The summed E-state index contributed by atoms with van der Waals surface area (Å²) in [6.45, 7) is 5.86. The van der Waals surface area contributed by atoms with Gasteiger partial charge >= 0.3 is 5.97 Å². The number of benzene rings is 2. The van der Waals surface area contributed by atoms with E-state index in [1.807, 2.05) is 12.1 Å². The normalized spacial score (nSPS) is 18.0. The van der Waals surface area contributed by atoms with Crippen molar-refractivity contribution < 1.29 is 23.5 Å². The number of carbonyl (C=O) groups is 2. The number of hydrogen-bond donors (Lipinski definition) is 0. The molecule has 1 aliphatic heterocycles. The van der Waals surface area contributed by atoms with E-state index >= 15 is 0 Å². The van der Waals surface area contributed by atoms with E-state index < -0.39 is 23.2 Å². The summed E-state index contributed by atoms with van der Waals surface area (Å²) >= 11 is 0. The molecule has 0 spiro atoms. The fraction of sp³-hybridized carbons (Fsp3) is 0.273. The molecule has 3 rings (SSSR count). The zero-order chi connectivity index (χ0) is 20.5. The second-order valence-corrected chi connectivity index (χ2v) is 6.92. The first-order chi connectivity index (χ1) is 13.3. The summed E-state index contributed by atoms with van der Waals surface area (Å²) in [6, 6.07) is 11.1. The van der Waals surface area contributed by atoms with Crippen LogP contribution in [0.15, 0.2) is 54.6 Å². The van der Waals surface area contributed by atoms with Crippen molar-refractivity contribution in [2.24, 2.45) is 0 Å². The number of ether oxygens (including phenoxy) is 2. The Labute approximate surface area is 163 Å². The molecular formula is C22H22FNO4. The highest BCUT2D eigenvalue weighted by Gasteiger charge is 2.55. The highest BCUT2D eigenvalue weighted by Crippen LogP contribution is 2.45. The fourth-order valence-electron chi connectivity index (χ4n) is 3.73. The zero-order valence-corrected chi connectivity index (χ0v) is 16.1. The minimum Gasteiger partial charge on any atom is -0.497 e. The van der Waals surface area contributed by atoms with Crippen molar-refractivity contribution in [3.05, 3.63) is 77.1 Å². The van der Waals surface area contributed by atoms with E-state index in [-0.39, 0.29) is 18.5 Å².